The maximum atomic E-state index is 13.7. The fourth-order valence-corrected chi connectivity index (χ4v) is 4.36. The summed E-state index contributed by atoms with van der Waals surface area (Å²) in [7, 11) is 0. The Labute approximate surface area is 165 Å². The molecule has 0 bridgehead atoms. The van der Waals surface area contributed by atoms with E-state index in [4.69, 9.17) is 4.74 Å². The molecule has 1 N–H and O–H groups in total. The molecule has 0 spiro atoms. The van der Waals surface area contributed by atoms with Crippen LogP contribution in [0.4, 0.5) is 35.7 Å². The van der Waals surface area contributed by atoms with Gasteiger partial charge >= 0.3 is 29.9 Å². The molecule has 1 amide bonds. The summed E-state index contributed by atoms with van der Waals surface area (Å²) in [5, 5.41) is 0.887. The van der Waals surface area contributed by atoms with E-state index in [0.717, 1.165) is 6.42 Å². The predicted octanol–water partition coefficient (Wildman–Crippen LogP) is 5.21. The number of ether oxygens (including phenoxy) is 1. The first-order valence-corrected chi connectivity index (χ1v) is 9.54. The summed E-state index contributed by atoms with van der Waals surface area (Å²) < 4.78 is 95.4. The Balaban J connectivity index is 2.43. The van der Waals surface area contributed by atoms with E-state index < -0.39 is 34.9 Å². The Morgan fingerprint density at radius 2 is 1.76 bits per heavy atom. The number of halogens is 7. The summed E-state index contributed by atoms with van der Waals surface area (Å²) in [6.45, 7) is 3.31. The first-order valence-electron chi connectivity index (χ1n) is 8.73. The smallest absolute Gasteiger partial charge is 0.460 e. The molecule has 12 heteroatoms. The summed E-state index contributed by atoms with van der Waals surface area (Å²) in [4.78, 5) is 24.5. The zero-order chi connectivity index (χ0) is 22.2. The summed E-state index contributed by atoms with van der Waals surface area (Å²) in [6.07, 6.45) is -4.34. The standard InChI is InChI=1S/C17H18F7NO3S/c1-3-8-5-6-9-10(7-8)29-12(11(9)13(26)28-4-2)25-14(27)15(18,19)16(20,21)17(22,23)24/h8H,3-7H2,1-2H3,(H,25,27). The number of anilines is 1. The van der Waals surface area contributed by atoms with Crippen molar-refractivity contribution in [3.8, 4) is 0 Å². The molecule has 1 unspecified atom stereocenters. The van der Waals surface area contributed by atoms with E-state index in [1.807, 2.05) is 6.92 Å². The van der Waals surface area contributed by atoms with Gasteiger partial charge in [0.2, 0.25) is 0 Å². The lowest BCUT2D eigenvalue weighted by Crippen LogP contribution is -2.57. The van der Waals surface area contributed by atoms with Crippen molar-refractivity contribution in [1.82, 2.24) is 0 Å². The molecule has 0 saturated heterocycles. The molecule has 4 nitrogen and oxygen atoms in total. The van der Waals surface area contributed by atoms with Gasteiger partial charge in [0, 0.05) is 4.88 Å². The number of alkyl halides is 7. The molecule has 0 aliphatic heterocycles. The molecule has 1 heterocycles. The van der Waals surface area contributed by atoms with Crippen molar-refractivity contribution >= 4 is 28.2 Å². The minimum absolute atomic E-state index is 0.0866. The summed E-state index contributed by atoms with van der Waals surface area (Å²) >= 11 is 0.706. The van der Waals surface area contributed by atoms with Gasteiger partial charge in [0.25, 0.3) is 0 Å². The van der Waals surface area contributed by atoms with Crippen LogP contribution in [0.25, 0.3) is 0 Å². The van der Waals surface area contributed by atoms with E-state index in [0.29, 0.717) is 41.0 Å². The second-order valence-electron chi connectivity index (χ2n) is 6.55. The topological polar surface area (TPSA) is 55.4 Å². The Bertz CT molecular complexity index is 789. The molecule has 0 fully saturated rings. The quantitative estimate of drug-likeness (QED) is 0.479. The lowest BCUT2D eigenvalue weighted by molar-refractivity contribution is -0.343. The van der Waals surface area contributed by atoms with E-state index in [1.165, 1.54) is 12.2 Å². The molecular weight excluding hydrogens is 431 g/mol. The highest BCUT2D eigenvalue weighted by Crippen LogP contribution is 2.48. The first kappa shape index (κ1) is 23.4. The van der Waals surface area contributed by atoms with Crippen molar-refractivity contribution in [2.45, 2.75) is 57.6 Å². The van der Waals surface area contributed by atoms with E-state index in [9.17, 15) is 40.3 Å². The number of fused-ring (bicyclic) bond motifs is 1. The number of hydrogen-bond donors (Lipinski definition) is 1. The second-order valence-corrected chi connectivity index (χ2v) is 7.65. The zero-order valence-electron chi connectivity index (χ0n) is 15.4. The molecule has 1 aromatic rings. The van der Waals surface area contributed by atoms with Gasteiger partial charge in [-0.25, -0.2) is 4.79 Å². The maximum Gasteiger partial charge on any atom is 0.460 e. The van der Waals surface area contributed by atoms with Crippen molar-refractivity contribution in [3.63, 3.8) is 0 Å². The third-order valence-electron chi connectivity index (χ3n) is 4.69. The van der Waals surface area contributed by atoms with Crippen LogP contribution in [-0.2, 0) is 22.4 Å². The van der Waals surface area contributed by atoms with E-state index >= 15 is 0 Å². The van der Waals surface area contributed by atoms with Crippen molar-refractivity contribution in [3.05, 3.63) is 16.0 Å². The van der Waals surface area contributed by atoms with Crippen LogP contribution < -0.4 is 5.32 Å². The average Bonchev–Trinajstić information content (AvgIpc) is 2.97. The Morgan fingerprint density at radius 1 is 1.14 bits per heavy atom. The molecular formula is C17H18F7NO3S. The van der Waals surface area contributed by atoms with Gasteiger partial charge < -0.3 is 10.1 Å². The van der Waals surface area contributed by atoms with Crippen LogP contribution in [-0.4, -0.2) is 36.5 Å². The fraction of sp³-hybridized carbons (Fsp3) is 0.647. The molecule has 0 saturated carbocycles. The molecule has 0 radical (unpaired) electrons. The van der Waals surface area contributed by atoms with Crippen LogP contribution in [0.15, 0.2) is 0 Å². The molecule has 1 aliphatic carbocycles. The van der Waals surface area contributed by atoms with Gasteiger partial charge in [-0.2, -0.15) is 30.7 Å². The highest BCUT2D eigenvalue weighted by Gasteiger charge is 2.76. The van der Waals surface area contributed by atoms with Gasteiger partial charge in [0.15, 0.2) is 0 Å². The van der Waals surface area contributed by atoms with Gasteiger partial charge in [0.1, 0.15) is 5.00 Å². The summed E-state index contributed by atoms with van der Waals surface area (Å²) in [6, 6.07) is 0. The lowest BCUT2D eigenvalue weighted by Gasteiger charge is -2.26. The highest BCUT2D eigenvalue weighted by atomic mass is 32.1. The Hall–Kier alpha value is -1.85. The number of hydrogen-bond acceptors (Lipinski definition) is 4. The number of amides is 1. The average molecular weight is 449 g/mol. The van der Waals surface area contributed by atoms with Crippen molar-refractivity contribution in [1.29, 1.82) is 0 Å². The van der Waals surface area contributed by atoms with Crippen LogP contribution in [0.2, 0.25) is 0 Å². The first-order chi connectivity index (χ1) is 13.3. The molecule has 2 rings (SSSR count). The van der Waals surface area contributed by atoms with Crippen molar-refractivity contribution in [2.24, 2.45) is 5.92 Å². The number of rotatable bonds is 6. The third kappa shape index (κ3) is 4.22. The third-order valence-corrected chi connectivity index (χ3v) is 5.86. The minimum atomic E-state index is -6.64. The van der Waals surface area contributed by atoms with Crippen LogP contribution in [0.1, 0.15) is 47.5 Å². The molecule has 1 atom stereocenters. The van der Waals surface area contributed by atoms with Crippen LogP contribution in [0.3, 0.4) is 0 Å². The fourth-order valence-electron chi connectivity index (χ4n) is 3.01. The SMILES string of the molecule is CCOC(=O)c1c(NC(=O)C(F)(F)C(F)(F)C(F)(F)F)sc2c1CCC(CC)C2. The predicted molar refractivity (Wildman–Crippen MR) is 90.7 cm³/mol. The molecule has 164 valence electrons. The molecule has 1 aliphatic rings. The molecule has 0 aromatic carbocycles. The zero-order valence-corrected chi connectivity index (χ0v) is 16.2. The number of thiophene rings is 1. The Kier molecular flexibility index (Phi) is 6.56. The van der Waals surface area contributed by atoms with Gasteiger partial charge in [-0.15, -0.1) is 11.3 Å². The monoisotopic (exact) mass is 449 g/mol. The van der Waals surface area contributed by atoms with Crippen LogP contribution in [0.5, 0.6) is 0 Å². The molecule has 1 aromatic heterocycles. The van der Waals surface area contributed by atoms with E-state index in [-0.39, 0.29) is 18.1 Å². The van der Waals surface area contributed by atoms with Gasteiger partial charge in [-0.05, 0) is 37.7 Å². The number of nitrogens with one attached hydrogen (secondary N) is 1. The van der Waals surface area contributed by atoms with Gasteiger partial charge in [-0.1, -0.05) is 13.3 Å². The second kappa shape index (κ2) is 8.11. The van der Waals surface area contributed by atoms with Gasteiger partial charge in [-0.3, -0.25) is 4.79 Å². The summed E-state index contributed by atoms with van der Waals surface area (Å²) in [5.74, 6) is -16.3. The van der Waals surface area contributed by atoms with E-state index in [1.54, 1.807) is 0 Å². The van der Waals surface area contributed by atoms with Crippen LogP contribution >= 0.6 is 11.3 Å². The maximum absolute atomic E-state index is 13.7. The Morgan fingerprint density at radius 3 is 2.28 bits per heavy atom. The number of carbonyl (C=O) groups excluding carboxylic acids is 2. The van der Waals surface area contributed by atoms with Crippen molar-refractivity contribution in [2.75, 3.05) is 11.9 Å². The number of carbonyl (C=O) groups is 2. The minimum Gasteiger partial charge on any atom is -0.462 e. The highest BCUT2D eigenvalue weighted by molar-refractivity contribution is 7.17. The van der Waals surface area contributed by atoms with Crippen LogP contribution in [0, 0.1) is 5.92 Å². The van der Waals surface area contributed by atoms with Gasteiger partial charge in [0.05, 0.1) is 12.2 Å². The lowest BCUT2D eigenvalue weighted by atomic mass is 9.85. The molecule has 29 heavy (non-hydrogen) atoms. The summed E-state index contributed by atoms with van der Waals surface area (Å²) in [5.41, 5.74) is 0.153. The number of esters is 1. The van der Waals surface area contributed by atoms with E-state index in [2.05, 4.69) is 0 Å². The largest absolute Gasteiger partial charge is 0.462 e. The van der Waals surface area contributed by atoms with Crippen molar-refractivity contribution < 1.29 is 45.1 Å². The normalized spacial score (nSPS) is 17.6.